The van der Waals surface area contributed by atoms with Gasteiger partial charge in [-0.15, -0.1) is 0 Å². The number of amides is 1. The van der Waals surface area contributed by atoms with Gasteiger partial charge in [0.1, 0.15) is 5.82 Å². The number of fused-ring (bicyclic) bond motifs is 1. The van der Waals surface area contributed by atoms with Crippen LogP contribution in [-0.2, 0) is 9.53 Å². The van der Waals surface area contributed by atoms with Crippen LogP contribution < -0.4 is 4.90 Å². The van der Waals surface area contributed by atoms with Crippen LogP contribution in [0.4, 0.5) is 10.1 Å². The van der Waals surface area contributed by atoms with E-state index in [0.717, 1.165) is 31.7 Å². The van der Waals surface area contributed by atoms with E-state index in [0.29, 0.717) is 19.1 Å². The van der Waals surface area contributed by atoms with Crippen molar-refractivity contribution in [2.45, 2.75) is 19.4 Å². The molecule has 2 aliphatic heterocycles. The molecule has 2 saturated heterocycles. The van der Waals surface area contributed by atoms with E-state index in [1.54, 1.807) is 19.1 Å². The summed E-state index contributed by atoms with van der Waals surface area (Å²) >= 11 is 0. The number of carbonyl (C=O) groups is 1. The van der Waals surface area contributed by atoms with Gasteiger partial charge < -0.3 is 14.5 Å². The van der Waals surface area contributed by atoms with Crippen molar-refractivity contribution < 1.29 is 13.9 Å². The highest BCUT2D eigenvalue weighted by Gasteiger charge is 2.34. The van der Waals surface area contributed by atoms with E-state index in [1.165, 1.54) is 6.07 Å². The van der Waals surface area contributed by atoms with Crippen molar-refractivity contribution in [2.75, 3.05) is 37.7 Å². The number of carbonyl (C=O) groups excluding carboxylic acids is 1. The molecule has 0 aromatic heterocycles. The van der Waals surface area contributed by atoms with Gasteiger partial charge in [-0.2, -0.15) is 0 Å². The lowest BCUT2D eigenvalue weighted by molar-refractivity contribution is -0.129. The summed E-state index contributed by atoms with van der Waals surface area (Å²) in [6.45, 7) is 5.28. The highest BCUT2D eigenvalue weighted by Crippen LogP contribution is 2.28. The summed E-state index contributed by atoms with van der Waals surface area (Å²) in [6, 6.07) is 6.70. The highest BCUT2D eigenvalue weighted by molar-refractivity contribution is 5.73. The molecule has 2 aliphatic rings. The number of ether oxygens (including phenoxy) is 1. The molecule has 0 saturated carbocycles. The summed E-state index contributed by atoms with van der Waals surface area (Å²) in [4.78, 5) is 15.6. The lowest BCUT2D eigenvalue weighted by atomic mass is 9.93. The largest absolute Gasteiger partial charge is 0.374 e. The fourth-order valence-corrected chi connectivity index (χ4v) is 3.24. The molecule has 2 atom stereocenters. The summed E-state index contributed by atoms with van der Waals surface area (Å²) < 4.78 is 19.3. The molecule has 2 heterocycles. The maximum absolute atomic E-state index is 13.4. The second-order valence-corrected chi connectivity index (χ2v) is 5.85. The number of anilines is 1. The smallest absolute Gasteiger partial charge is 0.219 e. The molecule has 21 heavy (non-hydrogen) atoms. The number of benzene rings is 1. The van der Waals surface area contributed by atoms with Gasteiger partial charge in [0.15, 0.2) is 0 Å². The monoisotopic (exact) mass is 292 g/mol. The van der Waals surface area contributed by atoms with Crippen LogP contribution in [0.5, 0.6) is 0 Å². The molecule has 0 unspecified atom stereocenters. The van der Waals surface area contributed by atoms with Crippen LogP contribution in [0.25, 0.3) is 0 Å². The molecule has 2 fully saturated rings. The fourth-order valence-electron chi connectivity index (χ4n) is 3.24. The maximum Gasteiger partial charge on any atom is 0.219 e. The summed E-state index contributed by atoms with van der Waals surface area (Å²) in [5.74, 6) is 0.284. The third-order valence-electron chi connectivity index (χ3n) is 4.46. The molecule has 0 N–H and O–H groups in total. The van der Waals surface area contributed by atoms with Crippen LogP contribution in [0.1, 0.15) is 13.3 Å². The van der Waals surface area contributed by atoms with Crippen molar-refractivity contribution in [3.8, 4) is 0 Å². The van der Waals surface area contributed by atoms with E-state index in [9.17, 15) is 9.18 Å². The Morgan fingerprint density at radius 2 is 2.19 bits per heavy atom. The van der Waals surface area contributed by atoms with E-state index in [1.807, 2.05) is 11.0 Å². The topological polar surface area (TPSA) is 32.8 Å². The van der Waals surface area contributed by atoms with Crippen LogP contribution in [0, 0.1) is 11.7 Å². The molecular formula is C16H21FN2O2. The van der Waals surface area contributed by atoms with Gasteiger partial charge in [-0.3, -0.25) is 4.79 Å². The number of rotatable bonds is 1. The average molecular weight is 292 g/mol. The normalized spacial score (nSPS) is 26.2. The number of halogens is 1. The van der Waals surface area contributed by atoms with Gasteiger partial charge in [0.05, 0.1) is 12.7 Å². The van der Waals surface area contributed by atoms with E-state index < -0.39 is 0 Å². The van der Waals surface area contributed by atoms with E-state index in [-0.39, 0.29) is 17.8 Å². The summed E-state index contributed by atoms with van der Waals surface area (Å²) in [6.07, 6.45) is 1.08. The van der Waals surface area contributed by atoms with Crippen molar-refractivity contribution in [3.05, 3.63) is 30.1 Å². The lowest BCUT2D eigenvalue weighted by Gasteiger charge is -2.39. The van der Waals surface area contributed by atoms with Crippen molar-refractivity contribution in [1.29, 1.82) is 0 Å². The second-order valence-electron chi connectivity index (χ2n) is 5.85. The second kappa shape index (κ2) is 6.02. The molecule has 114 valence electrons. The first-order valence-corrected chi connectivity index (χ1v) is 7.51. The van der Waals surface area contributed by atoms with Crippen LogP contribution in [0.3, 0.4) is 0 Å². The molecule has 0 aliphatic carbocycles. The number of piperidine rings is 1. The zero-order valence-electron chi connectivity index (χ0n) is 12.3. The Labute approximate surface area is 124 Å². The van der Waals surface area contributed by atoms with Gasteiger partial charge in [0, 0.05) is 44.7 Å². The average Bonchev–Trinajstić information content (AvgIpc) is 2.68. The molecule has 4 nitrogen and oxygen atoms in total. The van der Waals surface area contributed by atoms with Gasteiger partial charge in [-0.05, 0) is 24.6 Å². The molecule has 5 heteroatoms. The highest BCUT2D eigenvalue weighted by atomic mass is 19.1. The van der Waals surface area contributed by atoms with Gasteiger partial charge >= 0.3 is 0 Å². The third-order valence-corrected chi connectivity index (χ3v) is 4.46. The van der Waals surface area contributed by atoms with Crippen LogP contribution >= 0.6 is 0 Å². The summed E-state index contributed by atoms with van der Waals surface area (Å²) in [5, 5.41) is 0. The van der Waals surface area contributed by atoms with E-state index >= 15 is 0 Å². The molecule has 1 aromatic rings. The minimum atomic E-state index is -0.209. The Balaban J connectivity index is 1.70. The Kier molecular flexibility index (Phi) is 4.10. The van der Waals surface area contributed by atoms with Crippen molar-refractivity contribution >= 4 is 11.6 Å². The first-order valence-electron chi connectivity index (χ1n) is 7.51. The SMILES string of the molecule is CC(=O)N1CCO[C@H]2CN(c3cccc(F)c3)CC[C@@H]2C1. The van der Waals surface area contributed by atoms with Crippen LogP contribution in [0.15, 0.2) is 24.3 Å². The Hall–Kier alpha value is -1.62. The summed E-state index contributed by atoms with van der Waals surface area (Å²) in [5.41, 5.74) is 0.907. The molecule has 3 rings (SSSR count). The van der Waals surface area contributed by atoms with Gasteiger partial charge in [0.2, 0.25) is 5.91 Å². The van der Waals surface area contributed by atoms with Crippen molar-refractivity contribution in [1.82, 2.24) is 4.90 Å². The first-order chi connectivity index (χ1) is 10.1. The van der Waals surface area contributed by atoms with Crippen LogP contribution in [0.2, 0.25) is 0 Å². The third kappa shape index (κ3) is 3.18. The number of hydrogen-bond acceptors (Lipinski definition) is 3. The predicted molar refractivity (Wildman–Crippen MR) is 78.7 cm³/mol. The quantitative estimate of drug-likeness (QED) is 0.792. The van der Waals surface area contributed by atoms with E-state index in [2.05, 4.69) is 4.90 Å². The van der Waals surface area contributed by atoms with Crippen molar-refractivity contribution in [2.24, 2.45) is 5.92 Å². The Bertz CT molecular complexity index is 523. The maximum atomic E-state index is 13.4. The number of hydrogen-bond donors (Lipinski definition) is 0. The van der Waals surface area contributed by atoms with Gasteiger partial charge in [-0.1, -0.05) is 6.07 Å². The molecule has 1 aromatic carbocycles. The minimum Gasteiger partial charge on any atom is -0.374 e. The Morgan fingerprint density at radius 3 is 2.95 bits per heavy atom. The van der Waals surface area contributed by atoms with Crippen molar-refractivity contribution in [3.63, 3.8) is 0 Å². The fraction of sp³-hybridized carbons (Fsp3) is 0.562. The van der Waals surface area contributed by atoms with Crippen LogP contribution in [-0.4, -0.2) is 49.7 Å². The molecule has 1 amide bonds. The van der Waals surface area contributed by atoms with Gasteiger partial charge in [-0.25, -0.2) is 4.39 Å². The first kappa shape index (κ1) is 14.3. The Morgan fingerprint density at radius 1 is 1.33 bits per heavy atom. The minimum absolute atomic E-state index is 0.117. The molecule has 0 spiro atoms. The lowest BCUT2D eigenvalue weighted by Crippen LogP contribution is -2.47. The molecule has 0 bridgehead atoms. The molecule has 0 radical (unpaired) electrons. The predicted octanol–water partition coefficient (Wildman–Crippen LogP) is 1.90. The van der Waals surface area contributed by atoms with Gasteiger partial charge in [0.25, 0.3) is 0 Å². The van der Waals surface area contributed by atoms with E-state index in [4.69, 9.17) is 4.74 Å². The zero-order valence-corrected chi connectivity index (χ0v) is 12.3. The standard InChI is InChI=1S/C16H21FN2O2/c1-12(20)18-7-8-21-16-11-19(6-5-13(16)10-18)15-4-2-3-14(17)9-15/h2-4,9,13,16H,5-8,10-11H2,1H3/t13-,16+/m1/s1. The summed E-state index contributed by atoms with van der Waals surface area (Å²) in [7, 11) is 0. The zero-order chi connectivity index (χ0) is 14.8. The number of nitrogens with zero attached hydrogens (tertiary/aromatic N) is 2. The molecular weight excluding hydrogens is 271 g/mol.